The first kappa shape index (κ1) is 14.6. The monoisotopic (exact) mass is 269 g/mol. The molecular weight excluding hydrogens is 246 g/mol. The van der Waals surface area contributed by atoms with Gasteiger partial charge in [0.25, 0.3) is 0 Å². The second-order valence-electron chi connectivity index (χ2n) is 5.17. The lowest BCUT2D eigenvalue weighted by atomic mass is 10.00. The summed E-state index contributed by atoms with van der Waals surface area (Å²) in [5, 5.41) is 0. The van der Waals surface area contributed by atoms with E-state index in [0.717, 1.165) is 31.4 Å². The molecule has 0 radical (unpaired) electrons. The minimum absolute atomic E-state index is 0.261. The van der Waals surface area contributed by atoms with Gasteiger partial charge in [0, 0.05) is 6.04 Å². The molecule has 1 unspecified atom stereocenters. The molecule has 0 saturated heterocycles. The van der Waals surface area contributed by atoms with Crippen molar-refractivity contribution in [2.24, 2.45) is 5.73 Å². The molecule has 0 fully saturated rings. The molecule has 0 aliphatic carbocycles. The summed E-state index contributed by atoms with van der Waals surface area (Å²) in [4.78, 5) is 0. The van der Waals surface area contributed by atoms with Gasteiger partial charge in [-0.3, -0.25) is 0 Å². The molecule has 1 atom stereocenters. The fourth-order valence-corrected chi connectivity index (χ4v) is 2.29. The van der Waals surface area contributed by atoms with Crippen molar-refractivity contribution < 1.29 is 4.74 Å². The van der Waals surface area contributed by atoms with Gasteiger partial charge < -0.3 is 10.5 Å². The zero-order chi connectivity index (χ0) is 14.2. The molecule has 2 aromatic carbocycles. The van der Waals surface area contributed by atoms with E-state index >= 15 is 0 Å². The summed E-state index contributed by atoms with van der Waals surface area (Å²) in [5.74, 6) is 0.905. The zero-order valence-corrected chi connectivity index (χ0v) is 12.1. The highest BCUT2D eigenvalue weighted by atomic mass is 16.5. The highest BCUT2D eigenvalue weighted by molar-refractivity contribution is 5.27. The van der Waals surface area contributed by atoms with Gasteiger partial charge in [-0.05, 0) is 48.9 Å². The lowest BCUT2D eigenvalue weighted by Gasteiger charge is -2.11. The number of benzene rings is 2. The zero-order valence-electron chi connectivity index (χ0n) is 12.1. The Morgan fingerprint density at radius 1 is 0.850 bits per heavy atom. The molecule has 0 amide bonds. The Kier molecular flexibility index (Phi) is 5.63. The van der Waals surface area contributed by atoms with Crippen LogP contribution < -0.4 is 10.5 Å². The summed E-state index contributed by atoms with van der Waals surface area (Å²) in [7, 11) is 1.69. The molecule has 0 heterocycles. The van der Waals surface area contributed by atoms with Gasteiger partial charge in [0.15, 0.2) is 0 Å². The predicted octanol–water partition coefficient (Wildman–Crippen LogP) is 3.59. The van der Waals surface area contributed by atoms with E-state index in [4.69, 9.17) is 10.5 Å². The third-order valence-corrected chi connectivity index (χ3v) is 3.61. The van der Waals surface area contributed by atoms with Crippen molar-refractivity contribution in [2.45, 2.75) is 31.7 Å². The minimum Gasteiger partial charge on any atom is -0.497 e. The number of aryl methyl sites for hydroxylation is 2. The standard InChI is InChI=1S/C18H23NO/c1-20-18-13-9-16(10-14-18)8-12-17(19)11-7-15-5-3-2-4-6-15/h2-6,9-10,13-14,17H,7-8,11-12,19H2,1H3. The van der Waals surface area contributed by atoms with E-state index in [1.807, 2.05) is 18.2 Å². The van der Waals surface area contributed by atoms with Gasteiger partial charge >= 0.3 is 0 Å². The Morgan fingerprint density at radius 3 is 1.95 bits per heavy atom. The van der Waals surface area contributed by atoms with Crippen molar-refractivity contribution in [1.29, 1.82) is 0 Å². The van der Waals surface area contributed by atoms with E-state index < -0.39 is 0 Å². The largest absolute Gasteiger partial charge is 0.497 e. The van der Waals surface area contributed by atoms with Gasteiger partial charge in [-0.25, -0.2) is 0 Å². The highest BCUT2D eigenvalue weighted by Gasteiger charge is 2.04. The quantitative estimate of drug-likeness (QED) is 0.833. The van der Waals surface area contributed by atoms with E-state index in [1.54, 1.807) is 7.11 Å². The normalized spacial score (nSPS) is 12.1. The Bertz CT molecular complexity index is 493. The van der Waals surface area contributed by atoms with Crippen LogP contribution in [0, 0.1) is 0 Å². The van der Waals surface area contributed by atoms with Crippen molar-refractivity contribution in [1.82, 2.24) is 0 Å². The maximum Gasteiger partial charge on any atom is 0.118 e. The summed E-state index contributed by atoms with van der Waals surface area (Å²) in [6.07, 6.45) is 4.16. The molecule has 20 heavy (non-hydrogen) atoms. The Balaban J connectivity index is 1.73. The third kappa shape index (κ3) is 4.71. The molecule has 0 spiro atoms. The molecule has 0 bridgehead atoms. The maximum atomic E-state index is 6.20. The summed E-state index contributed by atoms with van der Waals surface area (Å²) < 4.78 is 5.16. The van der Waals surface area contributed by atoms with Crippen LogP contribution in [0.2, 0.25) is 0 Å². The second-order valence-corrected chi connectivity index (χ2v) is 5.17. The van der Waals surface area contributed by atoms with E-state index in [1.165, 1.54) is 11.1 Å². The molecule has 2 N–H and O–H groups in total. The summed E-state index contributed by atoms with van der Waals surface area (Å²) >= 11 is 0. The number of nitrogens with two attached hydrogens (primary N) is 1. The van der Waals surface area contributed by atoms with E-state index in [0.29, 0.717) is 0 Å². The first-order valence-corrected chi connectivity index (χ1v) is 7.20. The number of hydrogen-bond acceptors (Lipinski definition) is 2. The minimum atomic E-state index is 0.261. The number of hydrogen-bond donors (Lipinski definition) is 1. The number of ether oxygens (including phenoxy) is 1. The van der Waals surface area contributed by atoms with Crippen molar-refractivity contribution in [3.8, 4) is 5.75 Å². The van der Waals surface area contributed by atoms with Crippen LogP contribution in [0.4, 0.5) is 0 Å². The molecule has 0 aliphatic heterocycles. The molecule has 0 aliphatic rings. The van der Waals surface area contributed by atoms with Gasteiger partial charge in [-0.2, -0.15) is 0 Å². The fraction of sp³-hybridized carbons (Fsp3) is 0.333. The highest BCUT2D eigenvalue weighted by Crippen LogP contribution is 2.14. The summed E-state index contributed by atoms with van der Waals surface area (Å²) in [5.41, 5.74) is 8.89. The molecule has 2 rings (SSSR count). The Morgan fingerprint density at radius 2 is 1.40 bits per heavy atom. The van der Waals surface area contributed by atoms with Crippen LogP contribution >= 0.6 is 0 Å². The van der Waals surface area contributed by atoms with Crippen molar-refractivity contribution in [3.05, 3.63) is 65.7 Å². The fourth-order valence-electron chi connectivity index (χ4n) is 2.29. The summed E-state index contributed by atoms with van der Waals surface area (Å²) in [6, 6.07) is 19.0. The van der Waals surface area contributed by atoms with Crippen LogP contribution in [0.25, 0.3) is 0 Å². The Hall–Kier alpha value is -1.80. The average Bonchev–Trinajstić information content (AvgIpc) is 2.52. The smallest absolute Gasteiger partial charge is 0.118 e. The summed E-state index contributed by atoms with van der Waals surface area (Å²) in [6.45, 7) is 0. The van der Waals surface area contributed by atoms with E-state index in [9.17, 15) is 0 Å². The molecule has 2 aromatic rings. The van der Waals surface area contributed by atoms with Crippen LogP contribution in [0.15, 0.2) is 54.6 Å². The maximum absolute atomic E-state index is 6.20. The lowest BCUT2D eigenvalue weighted by Crippen LogP contribution is -2.21. The second kappa shape index (κ2) is 7.71. The lowest BCUT2D eigenvalue weighted by molar-refractivity contribution is 0.414. The number of methoxy groups -OCH3 is 1. The first-order valence-electron chi connectivity index (χ1n) is 7.20. The Labute approximate surface area is 121 Å². The van der Waals surface area contributed by atoms with Crippen LogP contribution in [0.1, 0.15) is 24.0 Å². The van der Waals surface area contributed by atoms with Crippen LogP contribution in [-0.2, 0) is 12.8 Å². The van der Waals surface area contributed by atoms with Crippen molar-refractivity contribution in [3.63, 3.8) is 0 Å². The van der Waals surface area contributed by atoms with E-state index in [-0.39, 0.29) is 6.04 Å². The van der Waals surface area contributed by atoms with Crippen molar-refractivity contribution in [2.75, 3.05) is 7.11 Å². The van der Waals surface area contributed by atoms with Crippen molar-refractivity contribution >= 4 is 0 Å². The molecule has 2 heteroatoms. The topological polar surface area (TPSA) is 35.2 Å². The van der Waals surface area contributed by atoms with Gasteiger partial charge in [0.1, 0.15) is 5.75 Å². The molecular formula is C18H23NO. The first-order chi connectivity index (χ1) is 9.78. The van der Waals surface area contributed by atoms with Crippen LogP contribution in [0.5, 0.6) is 5.75 Å². The van der Waals surface area contributed by atoms with Gasteiger partial charge in [-0.15, -0.1) is 0 Å². The third-order valence-electron chi connectivity index (χ3n) is 3.61. The van der Waals surface area contributed by atoms with E-state index in [2.05, 4.69) is 36.4 Å². The molecule has 0 aromatic heterocycles. The van der Waals surface area contributed by atoms with Gasteiger partial charge in [0.05, 0.1) is 7.11 Å². The molecule has 106 valence electrons. The number of rotatable bonds is 7. The van der Waals surface area contributed by atoms with Crippen LogP contribution in [-0.4, -0.2) is 13.2 Å². The average molecular weight is 269 g/mol. The predicted molar refractivity (Wildman–Crippen MR) is 84.1 cm³/mol. The van der Waals surface area contributed by atoms with Crippen LogP contribution in [0.3, 0.4) is 0 Å². The molecule has 2 nitrogen and oxygen atoms in total. The molecule has 0 saturated carbocycles. The van der Waals surface area contributed by atoms with Gasteiger partial charge in [0.2, 0.25) is 0 Å². The SMILES string of the molecule is COc1ccc(CCC(N)CCc2ccccc2)cc1. The van der Waals surface area contributed by atoms with Gasteiger partial charge in [-0.1, -0.05) is 42.5 Å².